The Morgan fingerprint density at radius 1 is 1.03 bits per heavy atom. The molecule has 0 unspecified atom stereocenters. The van der Waals surface area contributed by atoms with E-state index in [0.29, 0.717) is 12.0 Å². The van der Waals surface area contributed by atoms with Crippen molar-refractivity contribution >= 4 is 17.3 Å². The molecule has 3 saturated carbocycles. The molecule has 0 aromatic heterocycles. The highest BCUT2D eigenvalue weighted by Crippen LogP contribution is 2.73. The number of ketones is 3. The molecule has 0 aromatic carbocycles. The van der Waals surface area contributed by atoms with E-state index in [0.717, 1.165) is 29.6 Å². The largest absolute Gasteiger partial charge is 0.504 e. The summed E-state index contributed by atoms with van der Waals surface area (Å²) >= 11 is 0. The van der Waals surface area contributed by atoms with Gasteiger partial charge in [-0.3, -0.25) is 14.4 Å². The van der Waals surface area contributed by atoms with Gasteiger partial charge in [-0.1, -0.05) is 39.8 Å². The van der Waals surface area contributed by atoms with Crippen molar-refractivity contribution in [1.29, 1.82) is 0 Å². The second-order valence-corrected chi connectivity index (χ2v) is 12.0. The van der Waals surface area contributed by atoms with Gasteiger partial charge in [0.05, 0.1) is 5.41 Å². The third kappa shape index (κ3) is 2.39. The molecule has 2 N–H and O–H groups in total. The fourth-order valence-electron chi connectivity index (χ4n) is 8.26. The zero-order valence-corrected chi connectivity index (χ0v) is 20.4. The van der Waals surface area contributed by atoms with E-state index in [9.17, 15) is 24.6 Å². The van der Waals surface area contributed by atoms with Gasteiger partial charge in [-0.15, -0.1) is 0 Å². The van der Waals surface area contributed by atoms with E-state index in [1.54, 1.807) is 13.0 Å². The summed E-state index contributed by atoms with van der Waals surface area (Å²) in [6, 6.07) is 0. The predicted molar refractivity (Wildman–Crippen MR) is 124 cm³/mol. The summed E-state index contributed by atoms with van der Waals surface area (Å²) in [5, 5.41) is 21.3. The maximum absolute atomic E-state index is 14.1. The van der Waals surface area contributed by atoms with Crippen LogP contribution in [-0.4, -0.2) is 33.7 Å². The lowest BCUT2D eigenvalue weighted by Crippen LogP contribution is -2.68. The van der Waals surface area contributed by atoms with Gasteiger partial charge in [0.2, 0.25) is 5.78 Å². The van der Waals surface area contributed by atoms with E-state index < -0.39 is 27.8 Å². The number of rotatable bonds is 0. The monoisotopic (exact) mass is 450 g/mol. The molecule has 5 aliphatic carbocycles. The fraction of sp³-hybridized carbons (Fsp3) is 0.607. The Hall–Kier alpha value is -2.27. The Balaban J connectivity index is 1.71. The smallest absolute Gasteiger partial charge is 0.220 e. The van der Waals surface area contributed by atoms with Gasteiger partial charge in [0.25, 0.3) is 0 Å². The van der Waals surface area contributed by atoms with Crippen LogP contribution in [0.2, 0.25) is 0 Å². The van der Waals surface area contributed by atoms with Crippen LogP contribution in [-0.2, 0) is 14.4 Å². The lowest BCUT2D eigenvalue weighted by molar-refractivity contribution is -0.193. The van der Waals surface area contributed by atoms with E-state index >= 15 is 0 Å². The van der Waals surface area contributed by atoms with Gasteiger partial charge in [-0.2, -0.15) is 0 Å². The number of hydrogen-bond acceptors (Lipinski definition) is 5. The minimum absolute atomic E-state index is 0.0267. The lowest BCUT2D eigenvalue weighted by Gasteiger charge is -2.68. The van der Waals surface area contributed by atoms with Crippen LogP contribution in [0.4, 0.5) is 0 Å². The van der Waals surface area contributed by atoms with Crippen molar-refractivity contribution in [3.8, 4) is 0 Å². The molecule has 5 heteroatoms. The molecule has 0 aliphatic heterocycles. The Bertz CT molecular complexity index is 1150. The van der Waals surface area contributed by atoms with Crippen LogP contribution in [0, 0.1) is 33.5 Å². The topological polar surface area (TPSA) is 91.7 Å². The quantitative estimate of drug-likeness (QED) is 0.564. The Labute approximate surface area is 195 Å². The summed E-state index contributed by atoms with van der Waals surface area (Å²) < 4.78 is 0. The van der Waals surface area contributed by atoms with E-state index in [2.05, 4.69) is 20.8 Å². The first-order valence-corrected chi connectivity index (χ1v) is 12.1. The highest BCUT2D eigenvalue weighted by atomic mass is 16.3. The molecule has 0 aromatic rings. The summed E-state index contributed by atoms with van der Waals surface area (Å²) in [5.74, 6) is -0.882. The number of hydrogen-bond donors (Lipinski definition) is 2. The van der Waals surface area contributed by atoms with Crippen LogP contribution in [0.1, 0.15) is 67.2 Å². The Kier molecular flexibility index (Phi) is 4.39. The van der Waals surface area contributed by atoms with Gasteiger partial charge >= 0.3 is 0 Å². The first-order valence-electron chi connectivity index (χ1n) is 12.1. The molecule has 0 spiro atoms. The number of aliphatic hydroxyl groups is 2. The number of aliphatic hydroxyl groups excluding tert-OH is 2. The molecule has 176 valence electrons. The number of carbonyl (C=O) groups is 3. The van der Waals surface area contributed by atoms with Crippen molar-refractivity contribution in [1.82, 2.24) is 0 Å². The lowest BCUT2D eigenvalue weighted by atomic mass is 9.34. The second-order valence-electron chi connectivity index (χ2n) is 12.0. The van der Waals surface area contributed by atoms with Crippen LogP contribution in [0.5, 0.6) is 0 Å². The summed E-state index contributed by atoms with van der Waals surface area (Å²) in [6.07, 6.45) is 6.78. The van der Waals surface area contributed by atoms with Crippen LogP contribution in [0.25, 0.3) is 0 Å². The van der Waals surface area contributed by atoms with Gasteiger partial charge in [0.15, 0.2) is 11.5 Å². The molecule has 5 rings (SSSR count). The molecule has 33 heavy (non-hydrogen) atoms. The minimum atomic E-state index is -1.12. The van der Waals surface area contributed by atoms with E-state index in [-0.39, 0.29) is 41.4 Å². The number of carbonyl (C=O) groups excluding carboxylic acids is 3. The van der Waals surface area contributed by atoms with Crippen LogP contribution in [0.15, 0.2) is 46.3 Å². The van der Waals surface area contributed by atoms with Gasteiger partial charge in [0, 0.05) is 28.7 Å². The Morgan fingerprint density at radius 2 is 1.70 bits per heavy atom. The second kappa shape index (κ2) is 6.44. The van der Waals surface area contributed by atoms with Gasteiger partial charge in [-0.25, -0.2) is 0 Å². The average molecular weight is 451 g/mol. The Morgan fingerprint density at radius 3 is 2.36 bits per heavy atom. The first kappa shape index (κ1) is 22.5. The molecule has 5 nitrogen and oxygen atoms in total. The van der Waals surface area contributed by atoms with E-state index in [1.165, 1.54) is 0 Å². The van der Waals surface area contributed by atoms with Gasteiger partial charge in [-0.05, 0) is 67.2 Å². The maximum Gasteiger partial charge on any atom is 0.220 e. The summed E-state index contributed by atoms with van der Waals surface area (Å²) in [6.45, 7) is 11.9. The summed E-state index contributed by atoms with van der Waals surface area (Å²) in [4.78, 5) is 39.3. The molecule has 7 atom stereocenters. The van der Waals surface area contributed by atoms with Crippen molar-refractivity contribution in [3.63, 3.8) is 0 Å². The molecule has 0 saturated heterocycles. The normalized spacial score (nSPS) is 47.1. The van der Waals surface area contributed by atoms with Crippen molar-refractivity contribution in [2.75, 3.05) is 0 Å². The third-order valence-electron chi connectivity index (χ3n) is 10.6. The number of allylic oxidation sites excluding steroid dienone is 7. The molecule has 0 amide bonds. The van der Waals surface area contributed by atoms with Crippen molar-refractivity contribution < 1.29 is 24.6 Å². The highest BCUT2D eigenvalue weighted by Gasteiger charge is 2.71. The third-order valence-corrected chi connectivity index (χ3v) is 10.6. The van der Waals surface area contributed by atoms with Crippen molar-refractivity contribution in [2.24, 2.45) is 33.5 Å². The molecular weight excluding hydrogens is 416 g/mol. The average Bonchev–Trinajstić information content (AvgIpc) is 2.76. The molecule has 5 aliphatic rings. The number of fused-ring (bicyclic) bond motifs is 7. The standard InChI is InChI=1S/C28H34O5/c1-14-11-20-26(4,24(33)22(14)31)13-21(30)28(6)19-8-7-16-15(2)23(32)18(29)12-17(16)25(19,3)9-10-27(20,28)5/h7-8,12,14,20,24,32-33H,9-11,13H2,1-6H3/t14-,20-,24-,25+,26-,27+,28+/m1/s1. The number of Topliss-reactive ketones (excluding diaryl/α,β-unsaturated/α-hetero) is 2. The van der Waals surface area contributed by atoms with Crippen LogP contribution >= 0.6 is 0 Å². The van der Waals surface area contributed by atoms with Crippen LogP contribution < -0.4 is 0 Å². The molecule has 0 bridgehead atoms. The fourth-order valence-corrected chi connectivity index (χ4v) is 8.26. The highest BCUT2D eigenvalue weighted by molar-refractivity contribution is 6.07. The van der Waals surface area contributed by atoms with E-state index in [1.807, 2.05) is 26.0 Å². The van der Waals surface area contributed by atoms with Gasteiger partial charge < -0.3 is 10.2 Å². The van der Waals surface area contributed by atoms with Crippen molar-refractivity contribution in [2.45, 2.75) is 73.3 Å². The molecule has 0 heterocycles. The van der Waals surface area contributed by atoms with Gasteiger partial charge in [0.1, 0.15) is 11.9 Å². The SMILES string of the molecule is CC1=C(O)C(=O)C=C2C1=CC=C1[C@@]2(C)CC[C@@]2(C)[C@@H]3C[C@@H](C)C(=O)[C@@H](O)[C@]3(C)CC(=O)[C@]12C. The zero-order chi connectivity index (χ0) is 24.3. The van der Waals surface area contributed by atoms with E-state index in [4.69, 9.17) is 0 Å². The molecule has 3 fully saturated rings. The maximum atomic E-state index is 14.1. The summed E-state index contributed by atoms with van der Waals surface area (Å²) in [7, 11) is 0. The minimum Gasteiger partial charge on any atom is -0.504 e. The molecular formula is C28H34O5. The zero-order valence-electron chi connectivity index (χ0n) is 20.4. The van der Waals surface area contributed by atoms with Crippen molar-refractivity contribution in [3.05, 3.63) is 46.3 Å². The van der Waals surface area contributed by atoms with Crippen LogP contribution in [0.3, 0.4) is 0 Å². The molecule has 0 radical (unpaired) electrons. The summed E-state index contributed by atoms with van der Waals surface area (Å²) in [5.41, 5.74) is 0.911. The first-order chi connectivity index (χ1) is 15.2. The predicted octanol–water partition coefficient (Wildman–Crippen LogP) is 4.57.